The third-order valence-corrected chi connectivity index (χ3v) is 2.67. The maximum absolute atomic E-state index is 11.6. The van der Waals surface area contributed by atoms with Gasteiger partial charge in [0.05, 0.1) is 0 Å². The molecule has 1 fully saturated rings. The molecule has 1 aliphatic carbocycles. The molecular formula is C9H14N4O2. The lowest BCUT2D eigenvalue weighted by molar-refractivity contribution is 0.0927. The number of hydrogen-bond donors (Lipinski definition) is 2. The summed E-state index contributed by atoms with van der Waals surface area (Å²) in [4.78, 5) is 25.1. The van der Waals surface area contributed by atoms with Crippen LogP contribution in [0, 0.1) is 0 Å². The predicted octanol–water partition coefficient (Wildman–Crippen LogP) is -0.219. The van der Waals surface area contributed by atoms with Gasteiger partial charge in [0.25, 0.3) is 5.91 Å². The highest BCUT2D eigenvalue weighted by molar-refractivity contribution is 5.90. The fraction of sp³-hybridized carbons (Fsp3) is 0.667. The second kappa shape index (κ2) is 3.88. The standard InChI is InChI=1S/C9H14N4O2/c1-13-9(15)11-7(12-13)8(14)10-6-4-2-3-5-6/h6H,2-5H2,1H3,(H,10,14)(H,11,12,15). The van der Waals surface area contributed by atoms with Gasteiger partial charge in [0.15, 0.2) is 0 Å². The van der Waals surface area contributed by atoms with Gasteiger partial charge in [0.2, 0.25) is 5.82 Å². The summed E-state index contributed by atoms with van der Waals surface area (Å²) in [5.41, 5.74) is -0.369. The fourth-order valence-corrected chi connectivity index (χ4v) is 1.83. The van der Waals surface area contributed by atoms with Crippen molar-refractivity contribution in [3.8, 4) is 0 Å². The lowest BCUT2D eigenvalue weighted by Gasteiger charge is -2.09. The Balaban J connectivity index is 2.04. The summed E-state index contributed by atoms with van der Waals surface area (Å²) in [5.74, 6) is -0.200. The van der Waals surface area contributed by atoms with Crippen LogP contribution in [0.3, 0.4) is 0 Å². The monoisotopic (exact) mass is 210 g/mol. The number of H-pyrrole nitrogens is 1. The lowest BCUT2D eigenvalue weighted by Crippen LogP contribution is -2.33. The highest BCUT2D eigenvalue weighted by Gasteiger charge is 2.19. The van der Waals surface area contributed by atoms with E-state index in [2.05, 4.69) is 15.4 Å². The highest BCUT2D eigenvalue weighted by atomic mass is 16.2. The maximum Gasteiger partial charge on any atom is 0.343 e. The number of carbonyl (C=O) groups excluding carboxylic acids is 1. The fourth-order valence-electron chi connectivity index (χ4n) is 1.83. The van der Waals surface area contributed by atoms with Crippen molar-refractivity contribution in [1.29, 1.82) is 0 Å². The molecule has 1 aromatic rings. The highest BCUT2D eigenvalue weighted by Crippen LogP contribution is 2.17. The summed E-state index contributed by atoms with van der Waals surface area (Å²) in [6, 6.07) is 0.239. The van der Waals surface area contributed by atoms with E-state index in [-0.39, 0.29) is 23.5 Å². The molecule has 1 aliphatic rings. The molecule has 0 aromatic carbocycles. The van der Waals surface area contributed by atoms with Crippen LogP contribution in [-0.4, -0.2) is 26.7 Å². The zero-order valence-corrected chi connectivity index (χ0v) is 8.62. The van der Waals surface area contributed by atoms with Crippen LogP contribution in [0.2, 0.25) is 0 Å². The molecule has 0 atom stereocenters. The van der Waals surface area contributed by atoms with Crippen molar-refractivity contribution in [2.24, 2.45) is 7.05 Å². The summed E-state index contributed by atoms with van der Waals surface area (Å²) < 4.78 is 1.11. The summed E-state index contributed by atoms with van der Waals surface area (Å²) >= 11 is 0. The van der Waals surface area contributed by atoms with E-state index in [1.165, 1.54) is 7.05 Å². The third kappa shape index (κ3) is 2.08. The van der Waals surface area contributed by atoms with Gasteiger partial charge in [-0.15, -0.1) is 5.10 Å². The van der Waals surface area contributed by atoms with Gasteiger partial charge < -0.3 is 5.32 Å². The van der Waals surface area contributed by atoms with Crippen LogP contribution in [-0.2, 0) is 7.05 Å². The molecule has 0 unspecified atom stereocenters. The van der Waals surface area contributed by atoms with Crippen LogP contribution in [0.4, 0.5) is 0 Å². The third-order valence-electron chi connectivity index (χ3n) is 2.67. The van der Waals surface area contributed by atoms with Crippen molar-refractivity contribution >= 4 is 5.91 Å². The quantitative estimate of drug-likeness (QED) is 0.708. The number of aromatic nitrogens is 3. The first-order chi connectivity index (χ1) is 7.16. The van der Waals surface area contributed by atoms with Crippen molar-refractivity contribution in [3.05, 3.63) is 16.3 Å². The molecule has 82 valence electrons. The first kappa shape index (κ1) is 9.95. The largest absolute Gasteiger partial charge is 0.347 e. The van der Waals surface area contributed by atoms with E-state index >= 15 is 0 Å². The second-order valence-corrected chi connectivity index (χ2v) is 3.86. The Morgan fingerprint density at radius 1 is 1.53 bits per heavy atom. The minimum absolute atomic E-state index is 0.0920. The van der Waals surface area contributed by atoms with Crippen molar-refractivity contribution in [2.75, 3.05) is 0 Å². The molecule has 1 saturated carbocycles. The zero-order valence-electron chi connectivity index (χ0n) is 8.62. The Bertz CT molecular complexity index is 414. The summed E-state index contributed by atoms with van der Waals surface area (Å²) in [5, 5.41) is 6.64. The molecule has 0 spiro atoms. The normalized spacial score (nSPS) is 16.9. The molecule has 2 rings (SSSR count). The summed E-state index contributed by atoms with van der Waals surface area (Å²) in [6.45, 7) is 0. The number of rotatable bonds is 2. The molecule has 1 aromatic heterocycles. The van der Waals surface area contributed by atoms with Crippen molar-refractivity contribution in [3.63, 3.8) is 0 Å². The van der Waals surface area contributed by atoms with Crippen LogP contribution >= 0.6 is 0 Å². The van der Waals surface area contributed by atoms with E-state index in [0.717, 1.165) is 30.4 Å². The second-order valence-electron chi connectivity index (χ2n) is 3.86. The van der Waals surface area contributed by atoms with Gasteiger partial charge in [-0.2, -0.15) is 0 Å². The molecule has 15 heavy (non-hydrogen) atoms. The lowest BCUT2D eigenvalue weighted by atomic mass is 10.2. The van der Waals surface area contributed by atoms with Crippen molar-refractivity contribution in [1.82, 2.24) is 20.1 Å². The number of aromatic amines is 1. The number of nitrogens with one attached hydrogen (secondary N) is 2. The SMILES string of the molecule is Cn1nc(C(=O)NC2CCCC2)[nH]c1=O. The molecule has 0 bridgehead atoms. The summed E-state index contributed by atoms with van der Waals surface area (Å²) in [6.07, 6.45) is 4.35. The van der Waals surface area contributed by atoms with Gasteiger partial charge in [-0.3, -0.25) is 9.78 Å². The Morgan fingerprint density at radius 3 is 2.73 bits per heavy atom. The van der Waals surface area contributed by atoms with Crippen molar-refractivity contribution < 1.29 is 4.79 Å². The van der Waals surface area contributed by atoms with E-state index in [0.29, 0.717) is 0 Å². The molecule has 0 aliphatic heterocycles. The maximum atomic E-state index is 11.6. The first-order valence-corrected chi connectivity index (χ1v) is 5.11. The van der Waals surface area contributed by atoms with E-state index in [9.17, 15) is 9.59 Å². The summed E-state index contributed by atoms with van der Waals surface area (Å²) in [7, 11) is 1.51. The predicted molar refractivity (Wildman–Crippen MR) is 53.6 cm³/mol. The van der Waals surface area contributed by atoms with Gasteiger partial charge in [-0.1, -0.05) is 12.8 Å². The van der Waals surface area contributed by atoms with Gasteiger partial charge in [0.1, 0.15) is 0 Å². The molecule has 2 N–H and O–H groups in total. The molecule has 0 radical (unpaired) electrons. The Labute approximate surface area is 86.7 Å². The number of hydrogen-bond acceptors (Lipinski definition) is 3. The van der Waals surface area contributed by atoms with E-state index in [1.54, 1.807) is 0 Å². The van der Waals surface area contributed by atoms with Gasteiger partial charge in [-0.25, -0.2) is 9.48 Å². The van der Waals surface area contributed by atoms with Crippen LogP contribution in [0.5, 0.6) is 0 Å². The van der Waals surface area contributed by atoms with Gasteiger partial charge in [-0.05, 0) is 12.8 Å². The molecule has 1 heterocycles. The first-order valence-electron chi connectivity index (χ1n) is 5.11. The number of aryl methyl sites for hydroxylation is 1. The van der Waals surface area contributed by atoms with Gasteiger partial charge >= 0.3 is 5.69 Å². The number of amides is 1. The smallest absolute Gasteiger partial charge is 0.343 e. The van der Waals surface area contributed by atoms with Gasteiger partial charge in [0, 0.05) is 13.1 Å². The molecule has 0 saturated heterocycles. The van der Waals surface area contributed by atoms with E-state index in [1.807, 2.05) is 0 Å². The molecule has 1 amide bonds. The topological polar surface area (TPSA) is 79.8 Å². The average Bonchev–Trinajstić information content (AvgIpc) is 2.78. The zero-order chi connectivity index (χ0) is 10.8. The molecular weight excluding hydrogens is 196 g/mol. The molecule has 6 nitrogen and oxygen atoms in total. The van der Waals surface area contributed by atoms with Crippen molar-refractivity contribution in [2.45, 2.75) is 31.7 Å². The average molecular weight is 210 g/mol. The van der Waals surface area contributed by atoms with E-state index < -0.39 is 0 Å². The van der Waals surface area contributed by atoms with Crippen LogP contribution in [0.25, 0.3) is 0 Å². The minimum atomic E-state index is -0.369. The Morgan fingerprint density at radius 2 is 2.20 bits per heavy atom. The minimum Gasteiger partial charge on any atom is -0.347 e. The number of carbonyl (C=O) groups is 1. The molecule has 6 heteroatoms. The number of nitrogens with zero attached hydrogens (tertiary/aromatic N) is 2. The van der Waals surface area contributed by atoms with E-state index in [4.69, 9.17) is 0 Å². The van der Waals surface area contributed by atoms with Crippen LogP contribution < -0.4 is 11.0 Å². The Kier molecular flexibility index (Phi) is 2.57. The Hall–Kier alpha value is -1.59. The van der Waals surface area contributed by atoms with Crippen LogP contribution in [0.15, 0.2) is 4.79 Å². The van der Waals surface area contributed by atoms with Crippen LogP contribution in [0.1, 0.15) is 36.3 Å².